The number of para-hydroxylation sites is 1. The third-order valence-corrected chi connectivity index (χ3v) is 6.30. The van der Waals surface area contributed by atoms with Gasteiger partial charge in [-0.1, -0.05) is 48.5 Å². The van der Waals surface area contributed by atoms with E-state index >= 15 is 0 Å². The van der Waals surface area contributed by atoms with Gasteiger partial charge in [-0.05, 0) is 63.1 Å². The fraction of sp³-hybridized carbons (Fsp3) is 0.345. The molecule has 0 aliphatic rings. The molecule has 2 unspecified atom stereocenters. The van der Waals surface area contributed by atoms with E-state index in [0.29, 0.717) is 11.3 Å². The third kappa shape index (κ3) is 6.98. The van der Waals surface area contributed by atoms with Crippen LogP contribution in [0.25, 0.3) is 10.8 Å². The molecule has 3 amide bonds. The van der Waals surface area contributed by atoms with Gasteiger partial charge in [0.05, 0.1) is 0 Å². The van der Waals surface area contributed by atoms with Crippen LogP contribution in [0.1, 0.15) is 44.9 Å². The highest BCUT2D eigenvalue weighted by Gasteiger charge is 2.36. The Morgan fingerprint density at radius 1 is 1.03 bits per heavy atom. The number of nitrogens with zero attached hydrogens (tertiary/aromatic N) is 1. The number of alkyl carbamates (subject to hydrolysis) is 1. The number of aromatic hydroxyl groups is 1. The Morgan fingerprint density at radius 3 is 2.34 bits per heavy atom. The Balaban J connectivity index is 1.97. The quantitative estimate of drug-likeness (QED) is 0.295. The maximum atomic E-state index is 13.8. The van der Waals surface area contributed by atoms with Crippen molar-refractivity contribution in [2.45, 2.75) is 52.3 Å². The predicted molar refractivity (Wildman–Crippen MR) is 153 cm³/mol. The van der Waals surface area contributed by atoms with E-state index in [4.69, 9.17) is 4.74 Å². The van der Waals surface area contributed by atoms with Crippen LogP contribution < -0.4 is 10.6 Å². The second-order valence-electron chi connectivity index (χ2n) is 9.97. The molecule has 2 atom stereocenters. The number of aryl methyl sites for hydroxylation is 1. The van der Waals surface area contributed by atoms with Crippen LogP contribution in [0.3, 0.4) is 0 Å². The average molecular weight is 538 g/mol. The molecule has 202 valence electrons. The lowest BCUT2D eigenvalue weighted by Gasteiger charge is -2.33. The Labute approximate surface area is 228 Å². The normalized spacial score (nSPS) is 12.9. The van der Waals surface area contributed by atoms with Crippen LogP contribution in [-0.2, 0) is 14.3 Å². The summed E-state index contributed by atoms with van der Waals surface area (Å²) in [5.41, 5.74) is 0.627. The fourth-order valence-electron chi connectivity index (χ4n) is 4.13. The standard InChI is InChI=1S/C29H35N3O5S/c1-6-32(27(35)23(17-38)31-28(36)37-29(3,4)5)24(22-13-9-10-18(2)25(22)33)26(34)30-21-15-14-19-11-7-8-12-20(19)16-21/h7-16,23-24,33,38H,6,17H2,1-5H3,(H,30,34)(H,31,36). The van der Waals surface area contributed by atoms with Crippen LogP contribution in [0.4, 0.5) is 10.5 Å². The Hall–Kier alpha value is -3.72. The van der Waals surface area contributed by atoms with Gasteiger partial charge in [-0.15, -0.1) is 0 Å². The number of anilines is 1. The number of carbonyl (C=O) groups is 3. The summed E-state index contributed by atoms with van der Waals surface area (Å²) in [6.45, 7) is 8.73. The Kier molecular flexibility index (Phi) is 9.27. The molecule has 0 heterocycles. The van der Waals surface area contributed by atoms with Gasteiger partial charge in [0.1, 0.15) is 23.4 Å². The molecule has 0 saturated heterocycles. The van der Waals surface area contributed by atoms with E-state index in [-0.39, 0.29) is 23.6 Å². The largest absolute Gasteiger partial charge is 0.507 e. The first-order valence-corrected chi connectivity index (χ1v) is 13.1. The zero-order valence-corrected chi connectivity index (χ0v) is 23.2. The van der Waals surface area contributed by atoms with Gasteiger partial charge in [0, 0.05) is 23.5 Å². The van der Waals surface area contributed by atoms with Crippen molar-refractivity contribution in [3.05, 3.63) is 71.8 Å². The Bertz CT molecular complexity index is 1320. The van der Waals surface area contributed by atoms with Crippen molar-refractivity contribution < 1.29 is 24.2 Å². The van der Waals surface area contributed by atoms with Gasteiger partial charge in [-0.3, -0.25) is 9.59 Å². The first-order chi connectivity index (χ1) is 17.9. The zero-order valence-electron chi connectivity index (χ0n) is 22.3. The van der Waals surface area contributed by atoms with E-state index < -0.39 is 35.6 Å². The number of hydrogen-bond donors (Lipinski definition) is 4. The summed E-state index contributed by atoms with van der Waals surface area (Å²) in [7, 11) is 0. The summed E-state index contributed by atoms with van der Waals surface area (Å²) < 4.78 is 5.30. The van der Waals surface area contributed by atoms with Crippen LogP contribution in [0, 0.1) is 6.92 Å². The number of benzene rings is 3. The van der Waals surface area contributed by atoms with Crippen molar-refractivity contribution in [2.75, 3.05) is 17.6 Å². The number of ether oxygens (including phenoxy) is 1. The number of nitrogens with one attached hydrogen (secondary N) is 2. The number of thiol groups is 1. The van der Waals surface area contributed by atoms with Crippen molar-refractivity contribution in [2.24, 2.45) is 0 Å². The molecule has 3 N–H and O–H groups in total. The molecule has 0 aliphatic heterocycles. The fourth-order valence-corrected chi connectivity index (χ4v) is 4.38. The van der Waals surface area contributed by atoms with Crippen LogP contribution >= 0.6 is 12.6 Å². The minimum absolute atomic E-state index is 0.0204. The number of likely N-dealkylation sites (N-methyl/N-ethyl adjacent to an activating group) is 1. The summed E-state index contributed by atoms with van der Waals surface area (Å²) in [6.07, 6.45) is -0.767. The molecular formula is C29H35N3O5S. The van der Waals surface area contributed by atoms with Crippen molar-refractivity contribution in [3.63, 3.8) is 0 Å². The lowest BCUT2D eigenvalue weighted by atomic mass is 9.99. The topological polar surface area (TPSA) is 108 Å². The van der Waals surface area contributed by atoms with Gasteiger partial charge < -0.3 is 25.4 Å². The summed E-state index contributed by atoms with van der Waals surface area (Å²) in [5.74, 6) is -1.15. The zero-order chi connectivity index (χ0) is 28.0. The van der Waals surface area contributed by atoms with Gasteiger partial charge >= 0.3 is 6.09 Å². The monoisotopic (exact) mass is 537 g/mol. The molecular weight excluding hydrogens is 502 g/mol. The lowest BCUT2D eigenvalue weighted by Crippen LogP contribution is -2.53. The molecule has 0 radical (unpaired) electrons. The second kappa shape index (κ2) is 12.2. The number of hydrogen-bond acceptors (Lipinski definition) is 6. The highest BCUT2D eigenvalue weighted by atomic mass is 32.1. The van der Waals surface area contributed by atoms with Gasteiger partial charge in [-0.2, -0.15) is 12.6 Å². The van der Waals surface area contributed by atoms with E-state index in [1.165, 1.54) is 4.90 Å². The maximum absolute atomic E-state index is 13.8. The number of phenolic OH excluding ortho intramolecular Hbond substituents is 1. The SMILES string of the molecule is CCN(C(=O)C(CS)NC(=O)OC(C)(C)C)C(C(=O)Nc1ccc2ccccc2c1)c1cccc(C)c1O. The predicted octanol–water partition coefficient (Wildman–Crippen LogP) is 5.21. The van der Waals surface area contributed by atoms with E-state index in [1.54, 1.807) is 58.9 Å². The molecule has 0 aromatic heterocycles. The van der Waals surface area contributed by atoms with Crippen molar-refractivity contribution in [1.82, 2.24) is 10.2 Å². The summed E-state index contributed by atoms with van der Waals surface area (Å²) in [5, 5.41) is 18.3. The highest BCUT2D eigenvalue weighted by Crippen LogP contribution is 2.33. The third-order valence-electron chi connectivity index (χ3n) is 5.94. The molecule has 3 aromatic rings. The summed E-state index contributed by atoms with van der Waals surface area (Å²) in [4.78, 5) is 41.2. The second-order valence-corrected chi connectivity index (χ2v) is 10.3. The number of fused-ring (bicyclic) bond motifs is 1. The maximum Gasteiger partial charge on any atom is 0.408 e. The summed E-state index contributed by atoms with van der Waals surface area (Å²) in [6, 6.07) is 16.1. The molecule has 8 nitrogen and oxygen atoms in total. The van der Waals surface area contributed by atoms with Crippen molar-refractivity contribution >= 4 is 47.0 Å². The minimum atomic E-state index is -1.18. The van der Waals surface area contributed by atoms with Crippen LogP contribution in [-0.4, -0.2) is 51.9 Å². The number of carbonyl (C=O) groups excluding carboxylic acids is 3. The van der Waals surface area contributed by atoms with Crippen LogP contribution in [0.15, 0.2) is 60.7 Å². The van der Waals surface area contributed by atoms with Gasteiger partial charge in [0.25, 0.3) is 5.91 Å². The van der Waals surface area contributed by atoms with Crippen molar-refractivity contribution in [3.8, 4) is 5.75 Å². The highest BCUT2D eigenvalue weighted by molar-refractivity contribution is 7.80. The molecule has 0 spiro atoms. The smallest absolute Gasteiger partial charge is 0.408 e. The number of rotatable bonds is 8. The Morgan fingerprint density at radius 2 is 1.71 bits per heavy atom. The van der Waals surface area contributed by atoms with Gasteiger partial charge in [-0.25, -0.2) is 4.79 Å². The molecule has 3 rings (SSSR count). The van der Waals surface area contributed by atoms with E-state index in [0.717, 1.165) is 10.8 Å². The number of amides is 3. The average Bonchev–Trinajstić information content (AvgIpc) is 2.86. The van der Waals surface area contributed by atoms with E-state index in [1.807, 2.05) is 36.4 Å². The molecule has 38 heavy (non-hydrogen) atoms. The molecule has 9 heteroatoms. The first-order valence-electron chi connectivity index (χ1n) is 12.4. The number of phenols is 1. The minimum Gasteiger partial charge on any atom is -0.507 e. The first kappa shape index (κ1) is 28.8. The van der Waals surface area contributed by atoms with Crippen LogP contribution in [0.2, 0.25) is 0 Å². The molecule has 3 aromatic carbocycles. The van der Waals surface area contributed by atoms with E-state index in [9.17, 15) is 19.5 Å². The van der Waals surface area contributed by atoms with Crippen LogP contribution in [0.5, 0.6) is 5.75 Å². The van der Waals surface area contributed by atoms with Gasteiger partial charge in [0.15, 0.2) is 0 Å². The molecule has 0 bridgehead atoms. The molecule has 0 saturated carbocycles. The molecule has 0 fully saturated rings. The lowest BCUT2D eigenvalue weighted by molar-refractivity contribution is -0.140. The van der Waals surface area contributed by atoms with Gasteiger partial charge in [0.2, 0.25) is 5.91 Å². The summed E-state index contributed by atoms with van der Waals surface area (Å²) >= 11 is 4.27. The van der Waals surface area contributed by atoms with Crippen molar-refractivity contribution in [1.29, 1.82) is 0 Å². The molecule has 0 aliphatic carbocycles. The van der Waals surface area contributed by atoms with E-state index in [2.05, 4.69) is 23.3 Å².